The number of benzene rings is 1. The summed E-state index contributed by atoms with van der Waals surface area (Å²) in [6.07, 6.45) is 3.70. The molecule has 2 amide bonds. The molecule has 3 rings (SSSR count). The van der Waals surface area contributed by atoms with Gasteiger partial charge in [0.2, 0.25) is 15.9 Å². The lowest BCUT2D eigenvalue weighted by molar-refractivity contribution is -0.130. The zero-order chi connectivity index (χ0) is 20.3. The number of amides is 2. The molecule has 0 aliphatic carbocycles. The van der Waals surface area contributed by atoms with Crippen molar-refractivity contribution in [2.45, 2.75) is 37.5 Å². The summed E-state index contributed by atoms with van der Waals surface area (Å²) in [6, 6.07) is 4.43. The van der Waals surface area contributed by atoms with Crippen LogP contribution in [0.5, 0.6) is 0 Å². The normalized spacial score (nSPS) is 19.4. The molecule has 0 spiro atoms. The van der Waals surface area contributed by atoms with E-state index < -0.39 is 10.0 Å². The van der Waals surface area contributed by atoms with Crippen LogP contribution in [0.3, 0.4) is 0 Å². The molecule has 7 nitrogen and oxygen atoms in total. The van der Waals surface area contributed by atoms with Gasteiger partial charge in [-0.05, 0) is 31.0 Å². The number of rotatable bonds is 3. The smallest absolute Gasteiger partial charge is 0.254 e. The van der Waals surface area contributed by atoms with Gasteiger partial charge in [-0.15, -0.1) is 0 Å². The molecule has 2 heterocycles. The minimum absolute atomic E-state index is 0.00979. The van der Waals surface area contributed by atoms with Gasteiger partial charge in [0, 0.05) is 51.8 Å². The highest BCUT2D eigenvalue weighted by Gasteiger charge is 2.29. The predicted octanol–water partition coefficient (Wildman–Crippen LogP) is 2.21. The third-order valence-corrected chi connectivity index (χ3v) is 7.75. The van der Waals surface area contributed by atoms with E-state index in [1.165, 1.54) is 23.4 Å². The fourth-order valence-electron chi connectivity index (χ4n) is 3.66. The van der Waals surface area contributed by atoms with Crippen LogP contribution in [0.25, 0.3) is 0 Å². The summed E-state index contributed by atoms with van der Waals surface area (Å²) in [5.41, 5.74) is 0.300. The summed E-state index contributed by atoms with van der Waals surface area (Å²) < 4.78 is 27.7. The van der Waals surface area contributed by atoms with Crippen LogP contribution in [-0.2, 0) is 14.8 Å². The Bertz CT molecular complexity index is 843. The van der Waals surface area contributed by atoms with Gasteiger partial charge >= 0.3 is 0 Å². The number of hydrogen-bond acceptors (Lipinski definition) is 4. The molecule has 0 N–H and O–H groups in total. The summed E-state index contributed by atoms with van der Waals surface area (Å²) in [6.45, 7) is 4.27. The molecule has 28 heavy (non-hydrogen) atoms. The van der Waals surface area contributed by atoms with Gasteiger partial charge in [-0.25, -0.2) is 8.42 Å². The number of nitrogens with zero attached hydrogens (tertiary/aromatic N) is 3. The van der Waals surface area contributed by atoms with E-state index in [0.29, 0.717) is 44.8 Å². The molecule has 9 heteroatoms. The van der Waals surface area contributed by atoms with Crippen LogP contribution < -0.4 is 0 Å². The second kappa shape index (κ2) is 8.80. The Labute approximate surface area is 171 Å². The molecule has 0 radical (unpaired) electrons. The fraction of sp³-hybridized carbons (Fsp3) is 0.579. The van der Waals surface area contributed by atoms with Crippen molar-refractivity contribution in [3.8, 4) is 0 Å². The number of carbonyl (C=O) groups is 2. The van der Waals surface area contributed by atoms with Crippen molar-refractivity contribution in [1.29, 1.82) is 0 Å². The molecule has 0 bridgehead atoms. The van der Waals surface area contributed by atoms with Crippen molar-refractivity contribution in [3.63, 3.8) is 0 Å². The van der Waals surface area contributed by atoms with Crippen molar-refractivity contribution >= 4 is 33.4 Å². The number of hydrogen-bond donors (Lipinski definition) is 0. The van der Waals surface area contributed by atoms with Crippen molar-refractivity contribution in [3.05, 3.63) is 28.8 Å². The maximum atomic E-state index is 13.1. The quantitative estimate of drug-likeness (QED) is 0.740. The second-order valence-electron chi connectivity index (χ2n) is 7.26. The second-order valence-corrected chi connectivity index (χ2v) is 9.58. The Morgan fingerprint density at radius 1 is 0.893 bits per heavy atom. The van der Waals surface area contributed by atoms with E-state index in [0.717, 1.165) is 25.7 Å². The van der Waals surface area contributed by atoms with Crippen LogP contribution in [0, 0.1) is 0 Å². The lowest BCUT2D eigenvalue weighted by Gasteiger charge is -2.34. The molecule has 1 aromatic rings. The number of carbonyl (C=O) groups excluding carboxylic acids is 2. The molecule has 2 saturated heterocycles. The van der Waals surface area contributed by atoms with Crippen molar-refractivity contribution in [1.82, 2.24) is 14.1 Å². The highest BCUT2D eigenvalue weighted by Crippen LogP contribution is 2.28. The highest BCUT2D eigenvalue weighted by molar-refractivity contribution is 7.89. The summed E-state index contributed by atoms with van der Waals surface area (Å²) in [7, 11) is -3.75. The van der Waals surface area contributed by atoms with Crippen molar-refractivity contribution in [2.75, 3.05) is 39.3 Å². The SMILES string of the molecule is CC(=O)N1CCN(C(=O)c2ccc(Cl)c(S(=O)(=O)N3CCCCCC3)c2)CC1. The Hall–Kier alpha value is -1.64. The highest BCUT2D eigenvalue weighted by atomic mass is 35.5. The van der Waals surface area contributed by atoms with Crippen LogP contribution in [0.15, 0.2) is 23.1 Å². The van der Waals surface area contributed by atoms with Crippen LogP contribution in [0.1, 0.15) is 43.0 Å². The molecular weight excluding hydrogens is 402 g/mol. The number of halogens is 1. The average Bonchev–Trinajstić information content (AvgIpc) is 2.98. The van der Waals surface area contributed by atoms with Crippen LogP contribution >= 0.6 is 11.6 Å². The predicted molar refractivity (Wildman–Crippen MR) is 107 cm³/mol. The van der Waals surface area contributed by atoms with Gasteiger partial charge in [0.25, 0.3) is 5.91 Å². The molecule has 2 fully saturated rings. The standard InChI is InChI=1S/C19H26ClN3O4S/c1-15(24)21-10-12-22(13-11-21)19(25)16-6-7-17(20)18(14-16)28(26,27)23-8-4-2-3-5-9-23/h6-7,14H,2-5,8-13H2,1H3. The maximum absolute atomic E-state index is 13.1. The van der Waals surface area contributed by atoms with Crippen molar-refractivity contribution < 1.29 is 18.0 Å². The van der Waals surface area contributed by atoms with E-state index in [1.54, 1.807) is 15.9 Å². The summed E-state index contributed by atoms with van der Waals surface area (Å²) in [4.78, 5) is 27.6. The van der Waals surface area contributed by atoms with Crippen LogP contribution in [0.2, 0.25) is 5.02 Å². The summed E-state index contributed by atoms with van der Waals surface area (Å²) >= 11 is 6.21. The third-order valence-electron chi connectivity index (χ3n) is 5.37. The molecule has 1 aromatic carbocycles. The lowest BCUT2D eigenvalue weighted by Crippen LogP contribution is -2.50. The lowest BCUT2D eigenvalue weighted by atomic mass is 10.2. The largest absolute Gasteiger partial charge is 0.339 e. The first-order chi connectivity index (χ1) is 13.3. The minimum atomic E-state index is -3.75. The number of sulfonamides is 1. The summed E-state index contributed by atoms with van der Waals surface area (Å²) in [5.74, 6) is -0.253. The molecule has 0 atom stereocenters. The fourth-order valence-corrected chi connectivity index (χ4v) is 5.68. The molecule has 2 aliphatic heterocycles. The van der Waals surface area contributed by atoms with E-state index in [1.807, 2.05) is 0 Å². The molecule has 0 aromatic heterocycles. The molecule has 0 unspecified atom stereocenters. The van der Waals surface area contributed by atoms with Gasteiger partial charge in [-0.1, -0.05) is 24.4 Å². The first kappa shape index (κ1) is 21.1. The topological polar surface area (TPSA) is 78.0 Å². The van der Waals surface area contributed by atoms with Gasteiger partial charge in [0.1, 0.15) is 4.90 Å². The van der Waals surface area contributed by atoms with Gasteiger partial charge in [0.15, 0.2) is 0 Å². The van der Waals surface area contributed by atoms with Gasteiger partial charge in [-0.3, -0.25) is 9.59 Å². The third kappa shape index (κ3) is 4.50. The van der Waals surface area contributed by atoms with E-state index >= 15 is 0 Å². The van der Waals surface area contributed by atoms with E-state index in [9.17, 15) is 18.0 Å². The Morgan fingerprint density at radius 2 is 1.46 bits per heavy atom. The first-order valence-electron chi connectivity index (χ1n) is 9.65. The Balaban J connectivity index is 1.81. The minimum Gasteiger partial charge on any atom is -0.339 e. The van der Waals surface area contributed by atoms with E-state index in [-0.39, 0.29) is 21.7 Å². The molecule has 0 saturated carbocycles. The monoisotopic (exact) mass is 427 g/mol. The Morgan fingerprint density at radius 3 is 2.04 bits per heavy atom. The van der Waals surface area contributed by atoms with E-state index in [2.05, 4.69) is 0 Å². The number of piperazine rings is 1. The molecular formula is C19H26ClN3O4S. The zero-order valence-electron chi connectivity index (χ0n) is 16.1. The van der Waals surface area contributed by atoms with Gasteiger partial charge < -0.3 is 9.80 Å². The first-order valence-corrected chi connectivity index (χ1v) is 11.5. The maximum Gasteiger partial charge on any atom is 0.254 e. The summed E-state index contributed by atoms with van der Waals surface area (Å²) in [5, 5.41) is 0.127. The van der Waals surface area contributed by atoms with Crippen LogP contribution in [-0.4, -0.2) is 73.6 Å². The van der Waals surface area contributed by atoms with Gasteiger partial charge in [0.05, 0.1) is 5.02 Å². The molecule has 154 valence electrons. The zero-order valence-corrected chi connectivity index (χ0v) is 17.6. The molecule has 2 aliphatic rings. The van der Waals surface area contributed by atoms with Crippen LogP contribution in [0.4, 0.5) is 0 Å². The van der Waals surface area contributed by atoms with Crippen molar-refractivity contribution in [2.24, 2.45) is 0 Å². The van der Waals surface area contributed by atoms with E-state index in [4.69, 9.17) is 11.6 Å². The Kier molecular flexibility index (Phi) is 6.62. The van der Waals surface area contributed by atoms with Gasteiger partial charge in [-0.2, -0.15) is 4.31 Å². The average molecular weight is 428 g/mol.